The van der Waals surface area contributed by atoms with Gasteiger partial charge in [0.05, 0.1) is 19.3 Å². The first-order chi connectivity index (χ1) is 9.00. The van der Waals surface area contributed by atoms with E-state index in [4.69, 9.17) is 9.84 Å². The van der Waals surface area contributed by atoms with Gasteiger partial charge < -0.3 is 20.5 Å². The van der Waals surface area contributed by atoms with Crippen molar-refractivity contribution in [3.63, 3.8) is 0 Å². The van der Waals surface area contributed by atoms with Crippen LogP contribution in [0.25, 0.3) is 0 Å². The number of carboxylic acids is 1. The van der Waals surface area contributed by atoms with Gasteiger partial charge in [-0.05, 0) is 25.5 Å². The Hall–Kier alpha value is -0.950. The Kier molecular flexibility index (Phi) is 4.57. The molecule has 2 saturated heterocycles. The van der Waals surface area contributed by atoms with E-state index in [2.05, 4.69) is 17.6 Å². The molecular formula is C12H20N2O4S. The molecule has 3 unspecified atom stereocenters. The number of thioether (sulfide) groups is 1. The van der Waals surface area contributed by atoms with E-state index in [9.17, 15) is 9.59 Å². The molecule has 0 aromatic rings. The van der Waals surface area contributed by atoms with E-state index in [0.717, 1.165) is 12.2 Å². The van der Waals surface area contributed by atoms with E-state index >= 15 is 0 Å². The van der Waals surface area contributed by atoms with Gasteiger partial charge in [0.1, 0.15) is 5.92 Å². The highest BCUT2D eigenvalue weighted by molar-refractivity contribution is 8.00. The van der Waals surface area contributed by atoms with Gasteiger partial charge in [-0.3, -0.25) is 4.79 Å². The highest BCUT2D eigenvalue weighted by Crippen LogP contribution is 2.36. The number of carbonyl (C=O) groups is 2. The summed E-state index contributed by atoms with van der Waals surface area (Å²) in [5.41, 5.74) is 0. The maximum absolute atomic E-state index is 11.8. The van der Waals surface area contributed by atoms with Gasteiger partial charge >= 0.3 is 12.0 Å². The molecule has 108 valence electrons. The van der Waals surface area contributed by atoms with Gasteiger partial charge in [-0.2, -0.15) is 11.8 Å². The average molecular weight is 288 g/mol. The number of nitrogens with one attached hydrogen (secondary N) is 2. The van der Waals surface area contributed by atoms with E-state index in [1.54, 1.807) is 0 Å². The van der Waals surface area contributed by atoms with E-state index in [1.165, 1.54) is 6.42 Å². The van der Waals surface area contributed by atoms with Crippen molar-refractivity contribution in [1.82, 2.24) is 10.6 Å². The van der Waals surface area contributed by atoms with Crippen molar-refractivity contribution in [1.29, 1.82) is 0 Å². The van der Waals surface area contributed by atoms with Gasteiger partial charge in [-0.15, -0.1) is 0 Å². The molecule has 2 heterocycles. The molecule has 0 radical (unpaired) electrons. The highest BCUT2D eigenvalue weighted by Gasteiger charge is 2.35. The maximum atomic E-state index is 11.8. The summed E-state index contributed by atoms with van der Waals surface area (Å²) < 4.78 is 5.21. The predicted octanol–water partition coefficient (Wildman–Crippen LogP) is 0.671. The molecule has 0 saturated carbocycles. The third-order valence-corrected chi connectivity index (χ3v) is 5.18. The van der Waals surface area contributed by atoms with Crippen molar-refractivity contribution >= 4 is 23.8 Å². The standard InChI is InChI=1S/C12H20N2O4S/c1-12(3-2-4-19-12)7-13-11(17)14-9-6-18-5-8(9)10(15)16/h8-9H,2-7H2,1H3,(H,15,16)(H2,13,14,17). The van der Waals surface area contributed by atoms with Crippen LogP contribution in [0.15, 0.2) is 0 Å². The number of hydrogen-bond acceptors (Lipinski definition) is 4. The summed E-state index contributed by atoms with van der Waals surface area (Å²) >= 11 is 1.87. The van der Waals surface area contributed by atoms with Crippen LogP contribution < -0.4 is 10.6 Å². The van der Waals surface area contributed by atoms with E-state index in [0.29, 0.717) is 6.54 Å². The van der Waals surface area contributed by atoms with Crippen LogP contribution >= 0.6 is 11.8 Å². The fourth-order valence-corrected chi connectivity index (χ4v) is 3.65. The van der Waals surface area contributed by atoms with Crippen molar-refractivity contribution < 1.29 is 19.4 Å². The van der Waals surface area contributed by atoms with Crippen molar-refractivity contribution in [2.45, 2.75) is 30.6 Å². The molecule has 6 nitrogen and oxygen atoms in total. The molecule has 0 aromatic carbocycles. The zero-order valence-corrected chi connectivity index (χ0v) is 11.8. The second-order valence-electron chi connectivity index (χ2n) is 5.32. The first-order valence-electron chi connectivity index (χ1n) is 6.49. The normalized spacial score (nSPS) is 34.2. The molecule has 2 aliphatic heterocycles. The fraction of sp³-hybridized carbons (Fsp3) is 0.833. The Morgan fingerprint density at radius 2 is 2.26 bits per heavy atom. The number of carbonyl (C=O) groups excluding carboxylic acids is 1. The molecule has 2 amide bonds. The smallest absolute Gasteiger partial charge is 0.315 e. The molecule has 3 atom stereocenters. The minimum atomic E-state index is -0.930. The summed E-state index contributed by atoms with van der Waals surface area (Å²) in [5, 5.41) is 14.5. The summed E-state index contributed by atoms with van der Waals surface area (Å²) in [6.45, 7) is 3.17. The molecular weight excluding hydrogens is 268 g/mol. The first-order valence-corrected chi connectivity index (χ1v) is 7.48. The average Bonchev–Trinajstić information content (AvgIpc) is 2.96. The number of amides is 2. The van der Waals surface area contributed by atoms with Crippen LogP contribution in [0.5, 0.6) is 0 Å². The Morgan fingerprint density at radius 1 is 1.47 bits per heavy atom. The zero-order chi connectivity index (χ0) is 13.9. The number of urea groups is 1. The minimum absolute atomic E-state index is 0.107. The molecule has 2 fully saturated rings. The summed E-state index contributed by atoms with van der Waals surface area (Å²) in [6.07, 6.45) is 2.28. The van der Waals surface area contributed by atoms with Crippen molar-refractivity contribution in [3.05, 3.63) is 0 Å². The molecule has 2 rings (SSSR count). The Morgan fingerprint density at radius 3 is 2.89 bits per heavy atom. The number of hydrogen-bond donors (Lipinski definition) is 3. The SMILES string of the molecule is CC1(CNC(=O)NC2COCC2C(=O)O)CCCS1. The summed E-state index contributed by atoms with van der Waals surface area (Å²) in [6, 6.07) is -0.753. The lowest BCUT2D eigenvalue weighted by Crippen LogP contribution is -2.49. The summed E-state index contributed by atoms with van der Waals surface area (Å²) in [4.78, 5) is 22.7. The van der Waals surface area contributed by atoms with Gasteiger partial charge in [0.25, 0.3) is 0 Å². The number of aliphatic carboxylic acids is 1. The van der Waals surface area contributed by atoms with Gasteiger partial charge in [0, 0.05) is 11.3 Å². The van der Waals surface area contributed by atoms with E-state index in [1.807, 2.05) is 11.8 Å². The van der Waals surface area contributed by atoms with Crippen LogP contribution in [0.3, 0.4) is 0 Å². The lowest BCUT2D eigenvalue weighted by atomic mass is 10.0. The molecule has 19 heavy (non-hydrogen) atoms. The molecule has 3 N–H and O–H groups in total. The van der Waals surface area contributed by atoms with Gasteiger partial charge in [-0.25, -0.2) is 4.79 Å². The fourth-order valence-electron chi connectivity index (χ4n) is 2.40. The van der Waals surface area contributed by atoms with Crippen LogP contribution in [0.2, 0.25) is 0 Å². The predicted molar refractivity (Wildman–Crippen MR) is 72.4 cm³/mol. The van der Waals surface area contributed by atoms with Crippen LogP contribution in [0, 0.1) is 5.92 Å². The Labute approximate surface area is 116 Å². The van der Waals surface area contributed by atoms with Crippen molar-refractivity contribution in [3.8, 4) is 0 Å². The molecule has 0 aliphatic carbocycles. The minimum Gasteiger partial charge on any atom is -0.481 e. The quantitative estimate of drug-likeness (QED) is 0.708. The highest BCUT2D eigenvalue weighted by atomic mass is 32.2. The van der Waals surface area contributed by atoms with Crippen LogP contribution in [-0.4, -0.2) is 53.4 Å². The molecule has 0 aromatic heterocycles. The van der Waals surface area contributed by atoms with Crippen LogP contribution in [0.1, 0.15) is 19.8 Å². The Bertz CT molecular complexity index is 358. The number of rotatable bonds is 4. The van der Waals surface area contributed by atoms with Gasteiger partial charge in [0.2, 0.25) is 0 Å². The van der Waals surface area contributed by atoms with Crippen molar-refractivity contribution in [2.75, 3.05) is 25.5 Å². The molecule has 2 aliphatic rings. The van der Waals surface area contributed by atoms with Gasteiger partial charge in [-0.1, -0.05) is 0 Å². The van der Waals surface area contributed by atoms with Gasteiger partial charge in [0.15, 0.2) is 0 Å². The van der Waals surface area contributed by atoms with Crippen LogP contribution in [-0.2, 0) is 9.53 Å². The number of carboxylic acid groups (broad SMARTS) is 1. The molecule has 0 spiro atoms. The topological polar surface area (TPSA) is 87.7 Å². The Balaban J connectivity index is 1.76. The zero-order valence-electron chi connectivity index (χ0n) is 11.0. The summed E-state index contributed by atoms with van der Waals surface area (Å²) in [5.74, 6) is -0.444. The second-order valence-corrected chi connectivity index (χ2v) is 7.00. The summed E-state index contributed by atoms with van der Waals surface area (Å²) in [7, 11) is 0. The monoisotopic (exact) mass is 288 g/mol. The van der Waals surface area contributed by atoms with Crippen LogP contribution in [0.4, 0.5) is 4.79 Å². The lowest BCUT2D eigenvalue weighted by Gasteiger charge is -2.24. The van der Waals surface area contributed by atoms with E-state index in [-0.39, 0.29) is 24.0 Å². The van der Waals surface area contributed by atoms with Crippen molar-refractivity contribution in [2.24, 2.45) is 5.92 Å². The number of ether oxygens (including phenoxy) is 1. The first kappa shape index (κ1) is 14.5. The third-order valence-electron chi connectivity index (χ3n) is 3.64. The molecule has 7 heteroatoms. The third kappa shape index (κ3) is 3.76. The largest absolute Gasteiger partial charge is 0.481 e. The second kappa shape index (κ2) is 6.00. The maximum Gasteiger partial charge on any atom is 0.315 e. The molecule has 0 bridgehead atoms. The van der Waals surface area contributed by atoms with E-state index < -0.39 is 17.9 Å². The lowest BCUT2D eigenvalue weighted by molar-refractivity contribution is -0.142.